The summed E-state index contributed by atoms with van der Waals surface area (Å²) in [4.78, 5) is 24.6. The number of carbonyl (C=O) groups is 2. The summed E-state index contributed by atoms with van der Waals surface area (Å²) in [6, 6.07) is 11.7. The maximum Gasteiger partial charge on any atom is 0.296 e. The Hall–Kier alpha value is -2.75. The van der Waals surface area contributed by atoms with Crippen molar-refractivity contribution in [3.8, 4) is 0 Å². The van der Waals surface area contributed by atoms with Gasteiger partial charge in [-0.1, -0.05) is 35.9 Å². The highest BCUT2D eigenvalue weighted by Crippen LogP contribution is 2.37. The number of nitrogens with zero attached hydrogens (tertiary/aromatic N) is 1. The topological polar surface area (TPSA) is 73.9 Å². The van der Waals surface area contributed by atoms with Crippen molar-refractivity contribution < 1.29 is 14.2 Å². The van der Waals surface area contributed by atoms with Gasteiger partial charge < -0.3 is 0 Å². The van der Waals surface area contributed by atoms with Crippen LogP contribution in [0.25, 0.3) is 0 Å². The molecular weight excluding hydrogens is 314 g/mol. The van der Waals surface area contributed by atoms with Gasteiger partial charge >= 0.3 is 0 Å². The zero-order chi connectivity index (χ0) is 16.4. The van der Waals surface area contributed by atoms with E-state index in [2.05, 4.69) is 11.2 Å². The number of carbonyl (C=O) groups excluding carboxylic acids is 2. The van der Waals surface area contributed by atoms with Gasteiger partial charge in [-0.05, 0) is 17.5 Å². The third-order valence-electron chi connectivity index (χ3n) is 3.81. The highest BCUT2D eigenvalue weighted by Gasteiger charge is 2.47. The van der Waals surface area contributed by atoms with Crippen molar-refractivity contribution in [2.45, 2.75) is 12.0 Å². The standard InChI is InChI=1S/C17H12ClN3O2/c18-13-7-3-2-6-11(13)14-12(10-19)16(22)20-17(23)15(14)21-8-4-1-5-9-21/h1-9,14-15,19H/p+1/t14-,15+/m1/s1. The predicted molar refractivity (Wildman–Crippen MR) is 84.3 cm³/mol. The summed E-state index contributed by atoms with van der Waals surface area (Å²) in [7, 11) is 0. The number of aromatic nitrogens is 1. The maximum atomic E-state index is 12.5. The molecule has 6 heteroatoms. The molecule has 2 heterocycles. The third kappa shape index (κ3) is 2.68. The first-order valence-corrected chi connectivity index (χ1v) is 7.36. The molecule has 1 aromatic carbocycles. The molecule has 3 rings (SSSR count). The van der Waals surface area contributed by atoms with E-state index in [1.165, 1.54) is 0 Å². The number of benzene rings is 1. The molecule has 0 aliphatic carbocycles. The van der Waals surface area contributed by atoms with Crippen molar-refractivity contribution in [2.24, 2.45) is 0 Å². The smallest absolute Gasteiger partial charge is 0.286 e. The van der Waals surface area contributed by atoms with Crippen LogP contribution in [0.3, 0.4) is 0 Å². The summed E-state index contributed by atoms with van der Waals surface area (Å²) in [6.45, 7) is 0. The molecule has 2 N–H and O–H groups in total. The van der Waals surface area contributed by atoms with E-state index >= 15 is 0 Å². The number of pyridine rings is 1. The lowest BCUT2D eigenvalue weighted by Crippen LogP contribution is -2.57. The maximum absolute atomic E-state index is 12.5. The van der Waals surface area contributed by atoms with Gasteiger partial charge in [0.05, 0.1) is 11.5 Å². The van der Waals surface area contributed by atoms with Crippen molar-refractivity contribution in [2.75, 3.05) is 0 Å². The lowest BCUT2D eigenvalue weighted by Gasteiger charge is -2.27. The van der Waals surface area contributed by atoms with Crippen LogP contribution in [0, 0.1) is 5.41 Å². The van der Waals surface area contributed by atoms with Gasteiger partial charge in [0, 0.05) is 17.2 Å². The van der Waals surface area contributed by atoms with Crippen LogP contribution in [-0.2, 0) is 9.59 Å². The fraction of sp³-hybridized carbons (Fsp3) is 0.118. The second-order valence-corrected chi connectivity index (χ2v) is 5.53. The third-order valence-corrected chi connectivity index (χ3v) is 4.16. The first-order chi connectivity index (χ1) is 11.1. The molecule has 0 unspecified atom stereocenters. The van der Waals surface area contributed by atoms with Crippen LogP contribution < -0.4 is 9.88 Å². The Kier molecular flexibility index (Phi) is 4.06. The highest BCUT2D eigenvalue weighted by molar-refractivity contribution is 6.31. The SMILES string of the molecule is N=C=C1C(=O)NC(=O)[C@@H]([n+]2ccccc2)[C@@H]1c1ccccc1Cl. The zero-order valence-electron chi connectivity index (χ0n) is 12.0. The molecule has 1 saturated heterocycles. The predicted octanol–water partition coefficient (Wildman–Crippen LogP) is 1.78. The molecule has 2 atom stereocenters. The van der Waals surface area contributed by atoms with E-state index in [9.17, 15) is 9.59 Å². The minimum atomic E-state index is -0.721. The molecule has 1 fully saturated rings. The number of amides is 2. The first kappa shape index (κ1) is 15.2. The summed E-state index contributed by atoms with van der Waals surface area (Å²) < 4.78 is 1.70. The van der Waals surface area contributed by atoms with Crippen LogP contribution in [-0.4, -0.2) is 17.7 Å². The van der Waals surface area contributed by atoms with E-state index in [1.807, 2.05) is 6.07 Å². The molecule has 114 valence electrons. The van der Waals surface area contributed by atoms with Crippen molar-refractivity contribution in [1.82, 2.24) is 5.32 Å². The van der Waals surface area contributed by atoms with Crippen molar-refractivity contribution in [1.29, 1.82) is 5.41 Å². The normalized spacial score (nSPS) is 20.8. The molecule has 1 aromatic heterocycles. The van der Waals surface area contributed by atoms with Crippen LogP contribution in [0.1, 0.15) is 17.5 Å². The Bertz CT molecular complexity index is 829. The summed E-state index contributed by atoms with van der Waals surface area (Å²) in [5.41, 5.74) is 0.701. The second kappa shape index (κ2) is 6.16. The number of halogens is 1. The van der Waals surface area contributed by atoms with Crippen molar-refractivity contribution in [3.63, 3.8) is 0 Å². The van der Waals surface area contributed by atoms with Crippen molar-refractivity contribution >= 4 is 29.3 Å². The van der Waals surface area contributed by atoms with Gasteiger partial charge in [-0.15, -0.1) is 0 Å². The van der Waals surface area contributed by atoms with E-state index in [0.29, 0.717) is 10.6 Å². The van der Waals surface area contributed by atoms with Gasteiger partial charge in [0.25, 0.3) is 11.8 Å². The number of rotatable bonds is 2. The molecule has 2 amide bonds. The van der Waals surface area contributed by atoms with Gasteiger partial charge in [-0.25, -0.2) is 0 Å². The molecule has 1 aliphatic heterocycles. The van der Waals surface area contributed by atoms with Crippen LogP contribution in [0.2, 0.25) is 5.02 Å². The molecule has 0 bridgehead atoms. The van der Waals surface area contributed by atoms with Gasteiger partial charge in [-0.2, -0.15) is 4.57 Å². The van der Waals surface area contributed by atoms with Gasteiger partial charge in [0.15, 0.2) is 12.4 Å². The Morgan fingerprint density at radius 3 is 2.43 bits per heavy atom. The van der Waals surface area contributed by atoms with Crippen LogP contribution in [0.15, 0.2) is 60.4 Å². The number of nitrogens with one attached hydrogen (secondary N) is 2. The molecule has 0 spiro atoms. The minimum absolute atomic E-state index is 0.0825. The first-order valence-electron chi connectivity index (χ1n) is 6.98. The summed E-state index contributed by atoms with van der Waals surface area (Å²) in [5, 5.41) is 10.2. The number of piperidine rings is 1. The summed E-state index contributed by atoms with van der Waals surface area (Å²) in [6.07, 6.45) is 3.48. The quantitative estimate of drug-likeness (QED) is 0.382. The van der Waals surface area contributed by atoms with Gasteiger partial charge in [-0.3, -0.25) is 20.3 Å². The summed E-state index contributed by atoms with van der Waals surface area (Å²) in [5.74, 6) is 0.465. The summed E-state index contributed by atoms with van der Waals surface area (Å²) >= 11 is 6.27. The number of imide groups is 1. The Morgan fingerprint density at radius 2 is 1.78 bits per heavy atom. The molecule has 0 saturated carbocycles. The van der Waals surface area contributed by atoms with E-state index in [1.54, 1.807) is 53.4 Å². The average molecular weight is 327 g/mol. The number of hydrogen-bond donors (Lipinski definition) is 2. The van der Waals surface area contributed by atoms with Crippen LogP contribution in [0.4, 0.5) is 0 Å². The fourth-order valence-corrected chi connectivity index (χ4v) is 3.05. The highest BCUT2D eigenvalue weighted by atomic mass is 35.5. The number of hydrogen-bond acceptors (Lipinski definition) is 3. The van der Waals surface area contributed by atoms with Gasteiger partial charge in [0.2, 0.25) is 6.04 Å². The van der Waals surface area contributed by atoms with E-state index in [-0.39, 0.29) is 5.57 Å². The Labute approximate surface area is 137 Å². The van der Waals surface area contributed by atoms with E-state index in [0.717, 1.165) is 0 Å². The monoisotopic (exact) mass is 326 g/mol. The van der Waals surface area contributed by atoms with E-state index in [4.69, 9.17) is 17.0 Å². The second-order valence-electron chi connectivity index (χ2n) is 5.12. The molecular formula is C17H13ClN3O2+. The van der Waals surface area contributed by atoms with Gasteiger partial charge in [0.1, 0.15) is 0 Å². The van der Waals surface area contributed by atoms with Crippen LogP contribution >= 0.6 is 11.6 Å². The van der Waals surface area contributed by atoms with E-state index < -0.39 is 23.8 Å². The molecule has 0 radical (unpaired) electrons. The minimum Gasteiger partial charge on any atom is -0.286 e. The Balaban J connectivity index is 2.22. The molecule has 23 heavy (non-hydrogen) atoms. The largest absolute Gasteiger partial charge is 0.296 e. The molecule has 1 aliphatic rings. The molecule has 5 nitrogen and oxygen atoms in total. The zero-order valence-corrected chi connectivity index (χ0v) is 12.7. The lowest BCUT2D eigenvalue weighted by molar-refractivity contribution is -0.711. The fourth-order valence-electron chi connectivity index (χ4n) is 2.80. The average Bonchev–Trinajstić information content (AvgIpc) is 2.55. The lowest BCUT2D eigenvalue weighted by atomic mass is 9.81. The van der Waals surface area contributed by atoms with Crippen LogP contribution in [0.5, 0.6) is 0 Å². The Morgan fingerprint density at radius 1 is 1.09 bits per heavy atom. The van der Waals surface area contributed by atoms with Crippen molar-refractivity contribution in [3.05, 3.63) is 71.0 Å². The molecule has 2 aromatic rings.